The Kier molecular flexibility index (Phi) is 3.68. The summed E-state index contributed by atoms with van der Waals surface area (Å²) < 4.78 is 25.3. The number of benzene rings is 2. The molecule has 3 rings (SSSR count). The fourth-order valence-electron chi connectivity index (χ4n) is 2.67. The van der Waals surface area contributed by atoms with E-state index in [1.54, 1.807) is 12.1 Å². The van der Waals surface area contributed by atoms with Gasteiger partial charge in [0.05, 0.1) is 14.8 Å². The van der Waals surface area contributed by atoms with Crippen LogP contribution in [0.15, 0.2) is 46.2 Å². The molecular weight excluding hydrogens is 308 g/mol. The Bertz CT molecular complexity index is 797. The summed E-state index contributed by atoms with van der Waals surface area (Å²) >= 11 is 5.81. The van der Waals surface area contributed by atoms with Crippen molar-refractivity contribution in [2.24, 2.45) is 0 Å². The normalized spacial score (nSPS) is 14.7. The summed E-state index contributed by atoms with van der Waals surface area (Å²) in [5, 5.41) is 9.45. The average Bonchev–Trinajstić information content (AvgIpc) is 2.49. The molecule has 0 amide bonds. The number of phenolic OH excluding ortho intramolecular Hbond substituents is 1. The fraction of sp³-hybridized carbons (Fsp3) is 0.250. The second kappa shape index (κ2) is 5.35. The van der Waals surface area contributed by atoms with Gasteiger partial charge in [0.15, 0.2) is 0 Å². The van der Waals surface area contributed by atoms with Crippen molar-refractivity contribution in [3.05, 3.63) is 52.5 Å². The van der Waals surface area contributed by atoms with Gasteiger partial charge in [0, 0.05) is 0 Å². The molecule has 0 aliphatic heterocycles. The maximum Gasteiger partial charge on any atom is 0.206 e. The van der Waals surface area contributed by atoms with Crippen molar-refractivity contribution in [2.75, 3.05) is 0 Å². The molecule has 0 spiro atoms. The summed E-state index contributed by atoms with van der Waals surface area (Å²) in [5.74, 6) is -0.124. The minimum absolute atomic E-state index is 0.0361. The number of rotatable bonds is 2. The van der Waals surface area contributed by atoms with Gasteiger partial charge in [-0.05, 0) is 67.1 Å². The smallest absolute Gasteiger partial charge is 0.206 e. The molecule has 5 heteroatoms. The van der Waals surface area contributed by atoms with E-state index in [1.807, 2.05) is 6.07 Å². The molecule has 2 aromatic carbocycles. The third-order valence-corrected chi connectivity index (χ3v) is 5.91. The third-order valence-electron chi connectivity index (χ3n) is 3.86. The maximum absolute atomic E-state index is 12.6. The van der Waals surface area contributed by atoms with E-state index < -0.39 is 9.84 Å². The van der Waals surface area contributed by atoms with Crippen LogP contribution in [0.3, 0.4) is 0 Å². The molecule has 0 aromatic heterocycles. The van der Waals surface area contributed by atoms with Crippen molar-refractivity contribution in [3.63, 3.8) is 0 Å². The molecule has 21 heavy (non-hydrogen) atoms. The van der Waals surface area contributed by atoms with Crippen molar-refractivity contribution < 1.29 is 13.5 Å². The molecule has 1 N–H and O–H groups in total. The van der Waals surface area contributed by atoms with Crippen molar-refractivity contribution in [1.82, 2.24) is 0 Å². The highest BCUT2D eigenvalue weighted by atomic mass is 35.5. The first-order valence-corrected chi connectivity index (χ1v) is 8.70. The number of phenols is 1. The van der Waals surface area contributed by atoms with Gasteiger partial charge >= 0.3 is 0 Å². The van der Waals surface area contributed by atoms with Gasteiger partial charge in [0.25, 0.3) is 0 Å². The Morgan fingerprint density at radius 1 is 0.905 bits per heavy atom. The lowest BCUT2D eigenvalue weighted by molar-refractivity contribution is 0.475. The van der Waals surface area contributed by atoms with E-state index >= 15 is 0 Å². The van der Waals surface area contributed by atoms with E-state index in [-0.39, 0.29) is 20.6 Å². The van der Waals surface area contributed by atoms with E-state index in [0.29, 0.717) is 0 Å². The third kappa shape index (κ3) is 2.65. The Balaban J connectivity index is 2.07. The van der Waals surface area contributed by atoms with Gasteiger partial charge in [0.2, 0.25) is 9.84 Å². The molecule has 1 aliphatic rings. The van der Waals surface area contributed by atoms with Gasteiger partial charge in [-0.25, -0.2) is 8.42 Å². The van der Waals surface area contributed by atoms with Crippen LogP contribution in [-0.4, -0.2) is 13.5 Å². The average molecular weight is 323 g/mol. The predicted octanol–water partition coefficient (Wildman–Crippen LogP) is 3.76. The first kappa shape index (κ1) is 14.4. The Morgan fingerprint density at radius 2 is 1.52 bits per heavy atom. The minimum Gasteiger partial charge on any atom is -0.506 e. The highest BCUT2D eigenvalue weighted by Gasteiger charge is 2.21. The Morgan fingerprint density at radius 3 is 2.24 bits per heavy atom. The summed E-state index contributed by atoms with van der Waals surface area (Å²) in [7, 11) is -3.61. The van der Waals surface area contributed by atoms with Crippen LogP contribution in [0.1, 0.15) is 24.0 Å². The van der Waals surface area contributed by atoms with Crippen LogP contribution >= 0.6 is 11.6 Å². The van der Waals surface area contributed by atoms with Crippen molar-refractivity contribution in [1.29, 1.82) is 0 Å². The van der Waals surface area contributed by atoms with Crippen LogP contribution in [0.2, 0.25) is 5.02 Å². The van der Waals surface area contributed by atoms with Crippen LogP contribution in [0.25, 0.3) is 0 Å². The van der Waals surface area contributed by atoms with Gasteiger partial charge < -0.3 is 5.11 Å². The molecule has 0 fully saturated rings. The van der Waals surface area contributed by atoms with Crippen molar-refractivity contribution in [2.45, 2.75) is 35.5 Å². The van der Waals surface area contributed by atoms with Crippen molar-refractivity contribution >= 4 is 21.4 Å². The SMILES string of the molecule is O=S(=O)(c1ccc(O)c(Cl)c1)c1ccc2c(c1)CCCC2. The number of hydrogen-bond acceptors (Lipinski definition) is 3. The molecule has 0 bridgehead atoms. The molecule has 0 saturated carbocycles. The van der Waals surface area contributed by atoms with Gasteiger partial charge in [0.1, 0.15) is 5.75 Å². The fourth-order valence-corrected chi connectivity index (χ4v) is 4.25. The van der Waals surface area contributed by atoms with Crippen LogP contribution in [0.4, 0.5) is 0 Å². The number of hydrogen-bond donors (Lipinski definition) is 1. The van der Waals surface area contributed by atoms with E-state index in [4.69, 9.17) is 11.6 Å². The van der Waals surface area contributed by atoms with E-state index in [9.17, 15) is 13.5 Å². The molecular formula is C16H15ClO3S. The monoisotopic (exact) mass is 322 g/mol. The lowest BCUT2D eigenvalue weighted by Crippen LogP contribution is -2.07. The van der Waals surface area contributed by atoms with E-state index in [1.165, 1.54) is 23.8 Å². The number of fused-ring (bicyclic) bond motifs is 1. The van der Waals surface area contributed by atoms with E-state index in [2.05, 4.69) is 0 Å². The van der Waals surface area contributed by atoms with Gasteiger partial charge in [-0.3, -0.25) is 0 Å². The maximum atomic E-state index is 12.6. The molecule has 0 atom stereocenters. The molecule has 0 saturated heterocycles. The van der Waals surface area contributed by atoms with Crippen LogP contribution in [0, 0.1) is 0 Å². The molecule has 0 unspecified atom stereocenters. The summed E-state index contributed by atoms with van der Waals surface area (Å²) in [5.41, 5.74) is 2.36. The van der Waals surface area contributed by atoms with Gasteiger partial charge in [-0.1, -0.05) is 17.7 Å². The second-order valence-electron chi connectivity index (χ2n) is 5.25. The van der Waals surface area contributed by atoms with Crippen molar-refractivity contribution in [3.8, 4) is 5.75 Å². The first-order chi connectivity index (χ1) is 9.98. The standard InChI is InChI=1S/C16H15ClO3S/c17-15-10-14(7-8-16(15)18)21(19,20)13-6-5-11-3-1-2-4-12(11)9-13/h5-10,18H,1-4H2. The zero-order valence-electron chi connectivity index (χ0n) is 11.3. The minimum atomic E-state index is -3.61. The molecule has 3 nitrogen and oxygen atoms in total. The summed E-state index contributed by atoms with van der Waals surface area (Å²) in [6, 6.07) is 9.28. The summed E-state index contributed by atoms with van der Waals surface area (Å²) in [4.78, 5) is 0.381. The lowest BCUT2D eigenvalue weighted by Gasteiger charge is -2.16. The second-order valence-corrected chi connectivity index (χ2v) is 7.61. The number of aryl methyl sites for hydroxylation is 2. The van der Waals surface area contributed by atoms with Crippen LogP contribution in [-0.2, 0) is 22.7 Å². The molecule has 0 radical (unpaired) electrons. The highest BCUT2D eigenvalue weighted by Crippen LogP contribution is 2.31. The molecule has 0 heterocycles. The first-order valence-electron chi connectivity index (χ1n) is 6.84. The zero-order valence-corrected chi connectivity index (χ0v) is 12.9. The summed E-state index contributed by atoms with van der Waals surface area (Å²) in [6.45, 7) is 0. The van der Waals surface area contributed by atoms with Crippen LogP contribution < -0.4 is 0 Å². The van der Waals surface area contributed by atoms with Crippen LogP contribution in [0.5, 0.6) is 5.75 Å². The number of halogens is 1. The number of aromatic hydroxyl groups is 1. The lowest BCUT2D eigenvalue weighted by atomic mass is 9.92. The van der Waals surface area contributed by atoms with Gasteiger partial charge in [-0.2, -0.15) is 0 Å². The topological polar surface area (TPSA) is 54.4 Å². The quantitative estimate of drug-likeness (QED) is 0.916. The largest absolute Gasteiger partial charge is 0.506 e. The zero-order chi connectivity index (χ0) is 15.0. The summed E-state index contributed by atoms with van der Waals surface area (Å²) in [6.07, 6.45) is 4.20. The number of sulfone groups is 1. The molecule has 2 aromatic rings. The van der Waals surface area contributed by atoms with Gasteiger partial charge in [-0.15, -0.1) is 0 Å². The highest BCUT2D eigenvalue weighted by molar-refractivity contribution is 7.91. The Hall–Kier alpha value is -1.52. The predicted molar refractivity (Wildman–Crippen MR) is 81.7 cm³/mol. The van der Waals surface area contributed by atoms with E-state index in [0.717, 1.165) is 31.2 Å². The molecule has 110 valence electrons. The molecule has 1 aliphatic carbocycles. The Labute approximate surface area is 129 Å².